The summed E-state index contributed by atoms with van der Waals surface area (Å²) in [7, 11) is 3.32. The third-order valence-corrected chi connectivity index (χ3v) is 7.97. The van der Waals surface area contributed by atoms with Crippen molar-refractivity contribution >= 4 is 22.8 Å². The molecule has 0 saturated heterocycles. The summed E-state index contributed by atoms with van der Waals surface area (Å²) < 4.78 is 16.6. The molecule has 0 radical (unpaired) electrons. The monoisotopic (exact) mass is 643 g/mol. The van der Waals surface area contributed by atoms with Gasteiger partial charge >= 0.3 is 0 Å². The molecule has 5 aromatic rings. The summed E-state index contributed by atoms with van der Waals surface area (Å²) in [6.45, 7) is 8.86. The summed E-state index contributed by atoms with van der Waals surface area (Å²) in [6, 6.07) is 44.2. The second-order valence-electron chi connectivity index (χ2n) is 11.0. The standard InChI is InChI=1S/C43H37N3O3/c1-46-41(30-45)40(27-12-31-10-21-39(22-11-31)49-29-7-28-44)32-13-15-34(16-14-32)42(33-8-5-4-6-9-33)43(35-17-23-37(47-2)24-18-35)36-19-25-38(48-3)26-20-36/h4-6,8-27H,7,28-29,44H2,2-3H3/b27-12+,41-40-. The molecule has 0 spiro atoms. The van der Waals surface area contributed by atoms with Gasteiger partial charge in [-0.25, -0.2) is 10.1 Å². The summed E-state index contributed by atoms with van der Waals surface area (Å²) in [4.78, 5) is 3.55. The third-order valence-electron chi connectivity index (χ3n) is 7.97. The average molecular weight is 644 g/mol. The molecule has 6 nitrogen and oxygen atoms in total. The first-order valence-corrected chi connectivity index (χ1v) is 15.9. The van der Waals surface area contributed by atoms with Gasteiger partial charge in [-0.15, -0.1) is 0 Å². The normalized spacial score (nSPS) is 11.2. The molecule has 0 heterocycles. The number of allylic oxidation sites excluding steroid dienone is 3. The lowest BCUT2D eigenvalue weighted by Gasteiger charge is -2.19. The number of rotatable bonds is 13. The van der Waals surface area contributed by atoms with Gasteiger partial charge in [0.25, 0.3) is 5.70 Å². The van der Waals surface area contributed by atoms with Crippen LogP contribution in [0.3, 0.4) is 0 Å². The van der Waals surface area contributed by atoms with Gasteiger partial charge in [-0.1, -0.05) is 103 Å². The lowest BCUT2D eigenvalue weighted by atomic mass is 9.85. The first-order valence-electron chi connectivity index (χ1n) is 15.9. The predicted octanol–water partition coefficient (Wildman–Crippen LogP) is 9.31. The average Bonchev–Trinajstić information content (AvgIpc) is 3.17. The molecular weight excluding hydrogens is 606 g/mol. The van der Waals surface area contributed by atoms with Crippen molar-refractivity contribution in [2.24, 2.45) is 5.73 Å². The van der Waals surface area contributed by atoms with E-state index in [2.05, 4.69) is 47.3 Å². The molecule has 49 heavy (non-hydrogen) atoms. The van der Waals surface area contributed by atoms with Gasteiger partial charge in [-0.3, -0.25) is 0 Å². The van der Waals surface area contributed by atoms with Crippen LogP contribution in [0.15, 0.2) is 139 Å². The molecule has 2 N–H and O–H groups in total. The van der Waals surface area contributed by atoms with Gasteiger partial charge in [0.2, 0.25) is 0 Å². The Morgan fingerprint density at radius 1 is 0.673 bits per heavy atom. The maximum Gasteiger partial charge on any atom is 0.269 e. The fourth-order valence-electron chi connectivity index (χ4n) is 5.43. The predicted molar refractivity (Wildman–Crippen MR) is 198 cm³/mol. The van der Waals surface area contributed by atoms with Crippen molar-refractivity contribution in [2.45, 2.75) is 6.42 Å². The number of hydrogen-bond acceptors (Lipinski definition) is 5. The second-order valence-corrected chi connectivity index (χ2v) is 11.0. The van der Waals surface area contributed by atoms with Crippen LogP contribution in [0, 0.1) is 17.9 Å². The van der Waals surface area contributed by atoms with Crippen LogP contribution in [0.5, 0.6) is 17.2 Å². The third kappa shape index (κ3) is 8.53. The summed E-state index contributed by atoms with van der Waals surface area (Å²) in [5.41, 5.74) is 13.9. The summed E-state index contributed by atoms with van der Waals surface area (Å²) >= 11 is 0. The minimum Gasteiger partial charge on any atom is -0.497 e. The molecule has 5 aromatic carbocycles. The molecule has 0 bridgehead atoms. The highest BCUT2D eigenvalue weighted by molar-refractivity contribution is 6.04. The molecule has 0 saturated carbocycles. The Bertz CT molecular complexity index is 1950. The molecule has 0 amide bonds. The van der Waals surface area contributed by atoms with E-state index in [1.807, 2.05) is 103 Å². The molecular formula is C43H37N3O3. The quantitative estimate of drug-likeness (QED) is 0.0455. The van der Waals surface area contributed by atoms with Crippen molar-refractivity contribution in [3.8, 4) is 23.3 Å². The van der Waals surface area contributed by atoms with Crippen LogP contribution in [0.25, 0.3) is 27.6 Å². The number of methoxy groups -OCH3 is 2. The minimum atomic E-state index is 0.0155. The topological polar surface area (TPSA) is 81.9 Å². The second kappa shape index (κ2) is 17.0. The first kappa shape index (κ1) is 34.0. The van der Waals surface area contributed by atoms with E-state index in [1.165, 1.54) is 0 Å². The molecule has 6 heteroatoms. The SMILES string of the molecule is [C-]#[N+]/C(C#N)=C(/C=C/c1ccc(OCCCN)cc1)c1ccc(C(=C(c2ccc(OC)cc2)c2ccc(OC)cc2)c2ccccc2)cc1. The van der Waals surface area contributed by atoms with E-state index in [-0.39, 0.29) is 5.70 Å². The maximum absolute atomic E-state index is 9.88. The first-order chi connectivity index (χ1) is 24.1. The van der Waals surface area contributed by atoms with E-state index in [1.54, 1.807) is 14.2 Å². The summed E-state index contributed by atoms with van der Waals surface area (Å²) in [5, 5.41) is 9.88. The highest BCUT2D eigenvalue weighted by atomic mass is 16.5. The van der Waals surface area contributed by atoms with Crippen LogP contribution < -0.4 is 19.9 Å². The molecule has 0 aliphatic carbocycles. The van der Waals surface area contributed by atoms with Crippen molar-refractivity contribution < 1.29 is 14.2 Å². The lowest BCUT2D eigenvalue weighted by molar-refractivity contribution is 0.313. The van der Waals surface area contributed by atoms with E-state index < -0.39 is 0 Å². The van der Waals surface area contributed by atoms with Crippen molar-refractivity contribution in [1.29, 1.82) is 5.26 Å². The van der Waals surface area contributed by atoms with Gasteiger partial charge in [0.1, 0.15) is 17.2 Å². The lowest BCUT2D eigenvalue weighted by Crippen LogP contribution is -2.05. The number of hydrogen-bond donors (Lipinski definition) is 1. The number of ether oxygens (including phenoxy) is 3. The Morgan fingerprint density at radius 3 is 1.61 bits per heavy atom. The zero-order chi connectivity index (χ0) is 34.4. The zero-order valence-electron chi connectivity index (χ0n) is 27.6. The van der Waals surface area contributed by atoms with E-state index in [0.717, 1.165) is 68.2 Å². The largest absolute Gasteiger partial charge is 0.497 e. The Labute approximate surface area is 288 Å². The van der Waals surface area contributed by atoms with Crippen molar-refractivity contribution in [2.75, 3.05) is 27.4 Å². The number of nitrogens with zero attached hydrogens (tertiary/aromatic N) is 2. The van der Waals surface area contributed by atoms with Crippen molar-refractivity contribution in [3.63, 3.8) is 0 Å². The van der Waals surface area contributed by atoms with Crippen LogP contribution in [0.4, 0.5) is 0 Å². The fourth-order valence-corrected chi connectivity index (χ4v) is 5.43. The van der Waals surface area contributed by atoms with Crippen molar-refractivity contribution in [1.82, 2.24) is 0 Å². The Kier molecular flexibility index (Phi) is 11.8. The van der Waals surface area contributed by atoms with Gasteiger partial charge in [-0.05, 0) is 99.5 Å². The van der Waals surface area contributed by atoms with Gasteiger partial charge in [-0.2, -0.15) is 0 Å². The smallest absolute Gasteiger partial charge is 0.269 e. The molecule has 5 rings (SSSR count). The van der Waals surface area contributed by atoms with Crippen LogP contribution in [-0.2, 0) is 0 Å². The number of benzene rings is 5. The molecule has 242 valence electrons. The van der Waals surface area contributed by atoms with Gasteiger partial charge in [0.15, 0.2) is 0 Å². The minimum absolute atomic E-state index is 0.0155. The van der Waals surface area contributed by atoms with Gasteiger partial charge < -0.3 is 19.9 Å². The highest BCUT2D eigenvalue weighted by Crippen LogP contribution is 2.38. The van der Waals surface area contributed by atoms with E-state index >= 15 is 0 Å². The van der Waals surface area contributed by atoms with Crippen LogP contribution in [0.2, 0.25) is 0 Å². The Morgan fingerprint density at radius 2 is 1.14 bits per heavy atom. The molecule has 0 aliphatic rings. The fraction of sp³-hybridized carbons (Fsp3) is 0.116. The highest BCUT2D eigenvalue weighted by Gasteiger charge is 2.17. The van der Waals surface area contributed by atoms with Gasteiger partial charge in [0.05, 0.1) is 33.5 Å². The molecule has 0 aliphatic heterocycles. The summed E-state index contributed by atoms with van der Waals surface area (Å²) in [5.74, 6) is 2.31. The Balaban J connectivity index is 1.61. The van der Waals surface area contributed by atoms with Crippen molar-refractivity contribution in [3.05, 3.63) is 184 Å². The van der Waals surface area contributed by atoms with Crippen LogP contribution in [-0.4, -0.2) is 27.4 Å². The number of nitrogens with two attached hydrogens (primary N) is 1. The molecule has 0 atom stereocenters. The van der Waals surface area contributed by atoms with Crippen LogP contribution in [0.1, 0.15) is 39.8 Å². The maximum atomic E-state index is 9.88. The van der Waals surface area contributed by atoms with E-state index in [4.69, 9.17) is 26.5 Å². The Hall–Kier alpha value is -6.34. The summed E-state index contributed by atoms with van der Waals surface area (Å²) in [6.07, 6.45) is 4.51. The molecule has 0 fully saturated rings. The van der Waals surface area contributed by atoms with E-state index in [9.17, 15) is 5.26 Å². The van der Waals surface area contributed by atoms with Crippen LogP contribution >= 0.6 is 0 Å². The van der Waals surface area contributed by atoms with E-state index in [0.29, 0.717) is 18.7 Å². The molecule has 0 aromatic heterocycles. The van der Waals surface area contributed by atoms with Gasteiger partial charge in [0, 0.05) is 0 Å². The number of nitriles is 1. The zero-order valence-corrected chi connectivity index (χ0v) is 27.6. The molecule has 0 unspecified atom stereocenters.